The van der Waals surface area contributed by atoms with E-state index in [1.165, 1.54) is 6.42 Å². The summed E-state index contributed by atoms with van der Waals surface area (Å²) < 4.78 is 11.2. The maximum Gasteiger partial charge on any atom is 0.303 e. The highest BCUT2D eigenvalue weighted by Crippen LogP contribution is 2.26. The smallest absolute Gasteiger partial charge is 0.303 e. The second-order valence-corrected chi connectivity index (χ2v) is 6.19. The Balaban J connectivity index is 1.89. The minimum Gasteiger partial charge on any atom is -0.481 e. The Labute approximate surface area is 118 Å². The van der Waals surface area contributed by atoms with E-state index >= 15 is 0 Å². The van der Waals surface area contributed by atoms with Gasteiger partial charge in [0.15, 0.2) is 0 Å². The Morgan fingerprint density at radius 3 is 2.75 bits per heavy atom. The molecule has 6 nitrogen and oxygen atoms in total. The van der Waals surface area contributed by atoms with Gasteiger partial charge in [-0.1, -0.05) is 13.8 Å². The van der Waals surface area contributed by atoms with Crippen molar-refractivity contribution in [1.29, 1.82) is 0 Å². The van der Waals surface area contributed by atoms with Crippen LogP contribution in [-0.2, 0) is 22.4 Å². The number of carboxylic acids is 1. The van der Waals surface area contributed by atoms with Gasteiger partial charge in [0.05, 0.1) is 18.9 Å². The molecule has 0 spiro atoms. The summed E-state index contributed by atoms with van der Waals surface area (Å²) in [6, 6.07) is 0. The molecule has 20 heavy (non-hydrogen) atoms. The summed E-state index contributed by atoms with van der Waals surface area (Å²) in [7, 11) is 0. The second kappa shape index (κ2) is 6.35. The molecule has 6 heteroatoms. The predicted octanol–water partition coefficient (Wildman–Crippen LogP) is 2.22. The fourth-order valence-electron chi connectivity index (χ4n) is 2.49. The molecule has 1 atom stereocenters. The standard InChI is InChI=1S/C14H22N2O4/c1-14(2,9-13(17)18)8-12-16-15-11(20-12)7-10-5-3-4-6-19-10/h10H,3-9H2,1-2H3,(H,17,18). The number of hydrogen-bond acceptors (Lipinski definition) is 5. The van der Waals surface area contributed by atoms with Crippen molar-refractivity contribution in [1.82, 2.24) is 10.2 Å². The first-order valence-electron chi connectivity index (χ1n) is 7.09. The van der Waals surface area contributed by atoms with E-state index in [9.17, 15) is 4.79 Å². The first kappa shape index (κ1) is 15.0. The molecular weight excluding hydrogens is 260 g/mol. The van der Waals surface area contributed by atoms with Crippen molar-refractivity contribution in [3.8, 4) is 0 Å². The van der Waals surface area contributed by atoms with Crippen molar-refractivity contribution < 1.29 is 19.1 Å². The summed E-state index contributed by atoms with van der Waals surface area (Å²) in [5, 5.41) is 16.9. The molecule has 1 aliphatic heterocycles. The molecule has 1 N–H and O–H groups in total. The molecule has 112 valence electrons. The van der Waals surface area contributed by atoms with Crippen LogP contribution in [0.2, 0.25) is 0 Å². The van der Waals surface area contributed by atoms with Gasteiger partial charge in [0.1, 0.15) is 0 Å². The summed E-state index contributed by atoms with van der Waals surface area (Å²) in [6.45, 7) is 4.57. The fourth-order valence-corrected chi connectivity index (χ4v) is 2.49. The molecule has 2 heterocycles. The number of aliphatic carboxylic acids is 1. The van der Waals surface area contributed by atoms with Crippen LogP contribution >= 0.6 is 0 Å². The summed E-state index contributed by atoms with van der Waals surface area (Å²) in [5.41, 5.74) is -0.392. The molecule has 0 saturated carbocycles. The molecular formula is C14H22N2O4. The minimum absolute atomic E-state index is 0.0798. The zero-order valence-electron chi connectivity index (χ0n) is 12.1. The van der Waals surface area contributed by atoms with Gasteiger partial charge in [-0.05, 0) is 24.7 Å². The van der Waals surface area contributed by atoms with Gasteiger partial charge in [0.2, 0.25) is 11.8 Å². The Morgan fingerprint density at radius 1 is 1.35 bits per heavy atom. The van der Waals surface area contributed by atoms with Crippen molar-refractivity contribution >= 4 is 5.97 Å². The highest BCUT2D eigenvalue weighted by Gasteiger charge is 2.26. The van der Waals surface area contributed by atoms with Gasteiger partial charge in [-0.3, -0.25) is 4.79 Å². The number of nitrogens with zero attached hydrogens (tertiary/aromatic N) is 2. The van der Waals surface area contributed by atoms with Gasteiger partial charge in [-0.2, -0.15) is 0 Å². The van der Waals surface area contributed by atoms with Crippen molar-refractivity contribution in [3.63, 3.8) is 0 Å². The van der Waals surface area contributed by atoms with Gasteiger partial charge in [-0.15, -0.1) is 10.2 Å². The number of ether oxygens (including phenoxy) is 1. The summed E-state index contributed by atoms with van der Waals surface area (Å²) in [4.78, 5) is 10.8. The number of aromatic nitrogens is 2. The fraction of sp³-hybridized carbons (Fsp3) is 0.786. The summed E-state index contributed by atoms with van der Waals surface area (Å²) in [6.07, 6.45) is 4.69. The average molecular weight is 282 g/mol. The maximum atomic E-state index is 10.8. The lowest BCUT2D eigenvalue weighted by molar-refractivity contribution is -0.139. The van der Waals surface area contributed by atoms with Gasteiger partial charge in [0, 0.05) is 13.0 Å². The van der Waals surface area contributed by atoms with Gasteiger partial charge in [-0.25, -0.2) is 0 Å². The van der Waals surface area contributed by atoms with Crippen LogP contribution in [-0.4, -0.2) is 34.0 Å². The molecule has 1 unspecified atom stereocenters. The first-order valence-corrected chi connectivity index (χ1v) is 7.09. The highest BCUT2D eigenvalue weighted by atomic mass is 16.5. The third-order valence-corrected chi connectivity index (χ3v) is 3.44. The van der Waals surface area contributed by atoms with E-state index in [0.29, 0.717) is 24.6 Å². The number of carboxylic acid groups (broad SMARTS) is 1. The van der Waals surface area contributed by atoms with Crippen molar-refractivity contribution in [2.45, 2.75) is 58.5 Å². The van der Waals surface area contributed by atoms with Crippen LogP contribution in [0.25, 0.3) is 0 Å². The molecule has 1 fully saturated rings. The van der Waals surface area contributed by atoms with Crippen LogP contribution in [0.3, 0.4) is 0 Å². The zero-order valence-corrected chi connectivity index (χ0v) is 12.1. The molecule has 1 aliphatic rings. The molecule has 0 bridgehead atoms. The zero-order chi connectivity index (χ0) is 14.6. The van der Waals surface area contributed by atoms with Crippen LogP contribution in [0, 0.1) is 5.41 Å². The monoisotopic (exact) mass is 282 g/mol. The van der Waals surface area contributed by atoms with E-state index in [2.05, 4.69) is 10.2 Å². The van der Waals surface area contributed by atoms with Crippen LogP contribution in [0.5, 0.6) is 0 Å². The number of carbonyl (C=O) groups is 1. The molecule has 1 aromatic heterocycles. The van der Waals surface area contributed by atoms with E-state index in [1.54, 1.807) is 0 Å². The normalized spacial score (nSPS) is 20.0. The van der Waals surface area contributed by atoms with Crippen LogP contribution in [0.15, 0.2) is 4.42 Å². The highest BCUT2D eigenvalue weighted by molar-refractivity contribution is 5.67. The summed E-state index contributed by atoms with van der Waals surface area (Å²) in [5.74, 6) is 0.269. The van der Waals surface area contributed by atoms with Crippen molar-refractivity contribution in [3.05, 3.63) is 11.8 Å². The topological polar surface area (TPSA) is 85.5 Å². The Kier molecular flexibility index (Phi) is 4.75. The molecule has 1 aromatic rings. The van der Waals surface area contributed by atoms with Crippen LogP contribution in [0.1, 0.15) is 51.3 Å². The second-order valence-electron chi connectivity index (χ2n) is 6.19. The molecule has 0 aromatic carbocycles. The lowest BCUT2D eigenvalue weighted by Gasteiger charge is -2.21. The largest absolute Gasteiger partial charge is 0.481 e. The minimum atomic E-state index is -0.814. The van der Waals surface area contributed by atoms with E-state index < -0.39 is 11.4 Å². The van der Waals surface area contributed by atoms with Gasteiger partial charge in [0.25, 0.3) is 0 Å². The molecule has 2 rings (SSSR count). The van der Waals surface area contributed by atoms with Crippen LogP contribution < -0.4 is 0 Å². The number of hydrogen-bond donors (Lipinski definition) is 1. The lowest BCUT2D eigenvalue weighted by atomic mass is 9.86. The molecule has 0 aliphatic carbocycles. The van der Waals surface area contributed by atoms with Crippen molar-refractivity contribution in [2.24, 2.45) is 5.41 Å². The Morgan fingerprint density at radius 2 is 2.10 bits per heavy atom. The Hall–Kier alpha value is -1.43. The SMILES string of the molecule is CC(C)(CC(=O)O)Cc1nnc(CC2CCCCO2)o1. The average Bonchev–Trinajstić information content (AvgIpc) is 2.75. The van der Waals surface area contributed by atoms with E-state index in [4.69, 9.17) is 14.3 Å². The quantitative estimate of drug-likeness (QED) is 0.861. The van der Waals surface area contributed by atoms with Crippen molar-refractivity contribution in [2.75, 3.05) is 6.61 Å². The first-order chi connectivity index (χ1) is 9.44. The third-order valence-electron chi connectivity index (χ3n) is 3.44. The van der Waals surface area contributed by atoms with Crippen LogP contribution in [0.4, 0.5) is 0 Å². The molecule has 0 radical (unpaired) electrons. The van der Waals surface area contributed by atoms with Gasteiger partial charge >= 0.3 is 5.97 Å². The lowest BCUT2D eigenvalue weighted by Crippen LogP contribution is -2.21. The predicted molar refractivity (Wildman–Crippen MR) is 71.3 cm³/mol. The third kappa shape index (κ3) is 4.59. The Bertz CT molecular complexity index is 450. The molecule has 0 amide bonds. The number of rotatable bonds is 6. The van der Waals surface area contributed by atoms with E-state index in [0.717, 1.165) is 19.4 Å². The van der Waals surface area contributed by atoms with E-state index in [1.807, 2.05) is 13.8 Å². The van der Waals surface area contributed by atoms with E-state index in [-0.39, 0.29) is 12.5 Å². The summed E-state index contributed by atoms with van der Waals surface area (Å²) >= 11 is 0. The maximum absolute atomic E-state index is 10.8. The van der Waals surface area contributed by atoms with Gasteiger partial charge < -0.3 is 14.3 Å². The molecule has 1 saturated heterocycles.